The zero-order chi connectivity index (χ0) is 19.4. The molecule has 0 spiro atoms. The van der Waals surface area contributed by atoms with Gasteiger partial charge < -0.3 is 15.4 Å². The number of esters is 1. The number of hydrogen-bond donors (Lipinski definition) is 2. The Bertz CT molecular complexity index is 850. The Morgan fingerprint density at radius 3 is 2.19 bits per heavy atom. The van der Waals surface area contributed by atoms with Gasteiger partial charge in [-0.2, -0.15) is 0 Å². The highest BCUT2D eigenvalue weighted by atomic mass is 32.1. The highest BCUT2D eigenvalue weighted by Crippen LogP contribution is 2.33. The third kappa shape index (κ3) is 4.92. The summed E-state index contributed by atoms with van der Waals surface area (Å²) in [7, 11) is 0. The number of carbonyl (C=O) groups is 3. The molecule has 1 aromatic heterocycles. The molecule has 138 valence electrons. The fraction of sp³-hybridized carbons (Fsp3) is 0.316. The number of carbonyl (C=O) groups excluding carboxylic acids is 3. The van der Waals surface area contributed by atoms with Gasteiger partial charge in [0.1, 0.15) is 5.00 Å². The van der Waals surface area contributed by atoms with E-state index in [1.165, 1.54) is 18.3 Å². The number of nitrogens with one attached hydrogen (secondary N) is 2. The predicted octanol–water partition coefficient (Wildman–Crippen LogP) is 3.74. The van der Waals surface area contributed by atoms with Crippen molar-refractivity contribution in [3.8, 4) is 0 Å². The Morgan fingerprint density at radius 1 is 1.00 bits per heavy atom. The molecule has 0 fully saturated rings. The van der Waals surface area contributed by atoms with Gasteiger partial charge in [0.2, 0.25) is 5.91 Å². The van der Waals surface area contributed by atoms with Crippen molar-refractivity contribution in [1.82, 2.24) is 0 Å². The molecule has 0 saturated carbocycles. The number of anilines is 2. The maximum absolute atomic E-state index is 12.4. The van der Waals surface area contributed by atoms with Gasteiger partial charge >= 0.3 is 5.97 Å². The second-order valence-corrected chi connectivity index (χ2v) is 7.39. The highest BCUT2D eigenvalue weighted by molar-refractivity contribution is 7.16. The summed E-state index contributed by atoms with van der Waals surface area (Å²) in [5.41, 5.74) is 3.74. The molecule has 1 aromatic carbocycles. The van der Waals surface area contributed by atoms with Gasteiger partial charge in [0.15, 0.2) is 6.61 Å². The van der Waals surface area contributed by atoms with Gasteiger partial charge in [-0.25, -0.2) is 4.79 Å². The molecule has 0 saturated heterocycles. The van der Waals surface area contributed by atoms with E-state index in [2.05, 4.69) is 10.6 Å². The summed E-state index contributed by atoms with van der Waals surface area (Å²) in [6, 6.07) is 5.68. The molecule has 0 aliphatic rings. The molecule has 7 heteroatoms. The minimum Gasteiger partial charge on any atom is -0.452 e. The van der Waals surface area contributed by atoms with Crippen molar-refractivity contribution in [2.75, 3.05) is 17.2 Å². The van der Waals surface area contributed by atoms with Crippen LogP contribution in [0.5, 0.6) is 0 Å². The molecular weight excluding hydrogens is 352 g/mol. The van der Waals surface area contributed by atoms with Crippen LogP contribution in [0.2, 0.25) is 0 Å². The van der Waals surface area contributed by atoms with Crippen molar-refractivity contribution in [3.05, 3.63) is 45.3 Å². The van der Waals surface area contributed by atoms with E-state index >= 15 is 0 Å². The Morgan fingerprint density at radius 2 is 1.62 bits per heavy atom. The molecular formula is C19H22N2O4S. The SMILES string of the molecule is CC(=O)Nc1sc(C)c(C)c1C(=O)OCC(=O)Nc1cc(C)cc(C)c1. The van der Waals surface area contributed by atoms with Gasteiger partial charge in [-0.15, -0.1) is 11.3 Å². The number of benzene rings is 1. The lowest BCUT2D eigenvalue weighted by molar-refractivity contribution is -0.119. The number of hydrogen-bond acceptors (Lipinski definition) is 5. The monoisotopic (exact) mass is 374 g/mol. The van der Waals surface area contributed by atoms with E-state index in [1.807, 2.05) is 39.0 Å². The topological polar surface area (TPSA) is 84.5 Å². The minimum absolute atomic E-state index is 0.270. The molecule has 6 nitrogen and oxygen atoms in total. The highest BCUT2D eigenvalue weighted by Gasteiger charge is 2.22. The number of ether oxygens (including phenoxy) is 1. The van der Waals surface area contributed by atoms with E-state index in [1.54, 1.807) is 6.92 Å². The number of amides is 2. The molecule has 0 bridgehead atoms. The fourth-order valence-corrected chi connectivity index (χ4v) is 3.66. The van der Waals surface area contributed by atoms with Gasteiger partial charge in [0, 0.05) is 17.5 Å². The maximum Gasteiger partial charge on any atom is 0.341 e. The van der Waals surface area contributed by atoms with Crippen LogP contribution in [-0.4, -0.2) is 24.4 Å². The Balaban J connectivity index is 2.04. The van der Waals surface area contributed by atoms with Crippen molar-refractivity contribution in [3.63, 3.8) is 0 Å². The number of aryl methyl sites for hydroxylation is 3. The van der Waals surface area contributed by atoms with Crippen LogP contribution in [0.3, 0.4) is 0 Å². The largest absolute Gasteiger partial charge is 0.452 e. The number of thiophene rings is 1. The Labute approximate surface area is 156 Å². The minimum atomic E-state index is -0.633. The Hall–Kier alpha value is -2.67. The second kappa shape index (κ2) is 8.14. The summed E-state index contributed by atoms with van der Waals surface area (Å²) in [5.74, 6) is -1.33. The van der Waals surface area contributed by atoms with Crippen molar-refractivity contribution in [2.24, 2.45) is 0 Å². The summed E-state index contributed by atoms with van der Waals surface area (Å²) >= 11 is 1.30. The van der Waals surface area contributed by atoms with Crippen molar-refractivity contribution >= 4 is 39.8 Å². The van der Waals surface area contributed by atoms with Gasteiger partial charge in [-0.05, 0) is 56.5 Å². The van der Waals surface area contributed by atoms with Crippen LogP contribution in [0.1, 0.15) is 38.8 Å². The van der Waals surface area contributed by atoms with Gasteiger partial charge in [-0.1, -0.05) is 6.07 Å². The summed E-state index contributed by atoms with van der Waals surface area (Å²) < 4.78 is 5.14. The van der Waals surface area contributed by atoms with E-state index in [0.29, 0.717) is 16.3 Å². The molecule has 0 aliphatic carbocycles. The lowest BCUT2D eigenvalue weighted by Crippen LogP contribution is -2.21. The zero-order valence-corrected chi connectivity index (χ0v) is 16.3. The first-order valence-electron chi connectivity index (χ1n) is 8.10. The van der Waals surface area contributed by atoms with Crippen LogP contribution >= 0.6 is 11.3 Å². The van der Waals surface area contributed by atoms with Gasteiger partial charge in [0.25, 0.3) is 5.91 Å². The molecule has 0 radical (unpaired) electrons. The molecule has 0 aliphatic heterocycles. The van der Waals surface area contributed by atoms with Gasteiger partial charge in [-0.3, -0.25) is 9.59 Å². The summed E-state index contributed by atoms with van der Waals surface area (Å²) in [6.45, 7) is 8.48. The maximum atomic E-state index is 12.4. The first kappa shape index (κ1) is 19.7. The van der Waals surface area contributed by atoms with Crippen molar-refractivity contribution < 1.29 is 19.1 Å². The van der Waals surface area contributed by atoms with E-state index in [-0.39, 0.29) is 5.91 Å². The second-order valence-electron chi connectivity index (χ2n) is 6.17. The van der Waals surface area contributed by atoms with E-state index in [4.69, 9.17) is 4.74 Å². The third-order valence-electron chi connectivity index (χ3n) is 3.72. The van der Waals surface area contributed by atoms with Crippen LogP contribution in [0, 0.1) is 27.7 Å². The third-order valence-corrected chi connectivity index (χ3v) is 4.84. The molecule has 0 unspecified atom stereocenters. The molecule has 1 heterocycles. The quantitative estimate of drug-likeness (QED) is 0.781. The van der Waals surface area contributed by atoms with Crippen LogP contribution in [0.25, 0.3) is 0 Å². The molecule has 2 N–H and O–H groups in total. The predicted molar refractivity (Wildman–Crippen MR) is 103 cm³/mol. The molecule has 2 rings (SSSR count). The van der Waals surface area contributed by atoms with Crippen LogP contribution in [-0.2, 0) is 14.3 Å². The van der Waals surface area contributed by atoms with Crippen molar-refractivity contribution in [2.45, 2.75) is 34.6 Å². The van der Waals surface area contributed by atoms with E-state index in [9.17, 15) is 14.4 Å². The lowest BCUT2D eigenvalue weighted by Gasteiger charge is -2.09. The van der Waals surface area contributed by atoms with Crippen LogP contribution in [0.4, 0.5) is 10.7 Å². The zero-order valence-electron chi connectivity index (χ0n) is 15.5. The summed E-state index contributed by atoms with van der Waals surface area (Å²) in [6.07, 6.45) is 0. The van der Waals surface area contributed by atoms with Gasteiger partial charge in [0.05, 0.1) is 5.56 Å². The van der Waals surface area contributed by atoms with Crippen LogP contribution in [0.15, 0.2) is 18.2 Å². The summed E-state index contributed by atoms with van der Waals surface area (Å²) in [5, 5.41) is 5.79. The molecule has 2 aromatic rings. The number of rotatable bonds is 5. The molecule has 26 heavy (non-hydrogen) atoms. The van der Waals surface area contributed by atoms with E-state index < -0.39 is 18.5 Å². The first-order chi connectivity index (χ1) is 12.2. The average molecular weight is 374 g/mol. The van der Waals surface area contributed by atoms with E-state index in [0.717, 1.165) is 21.6 Å². The molecule has 2 amide bonds. The van der Waals surface area contributed by atoms with Crippen molar-refractivity contribution in [1.29, 1.82) is 0 Å². The van der Waals surface area contributed by atoms with Crippen LogP contribution < -0.4 is 10.6 Å². The molecule has 0 atom stereocenters. The fourth-order valence-electron chi connectivity index (χ4n) is 2.57. The standard InChI is InChI=1S/C19H22N2O4S/c1-10-6-11(2)8-15(7-10)21-16(23)9-25-19(24)17-12(3)13(4)26-18(17)20-14(5)22/h6-8H,9H2,1-5H3,(H,20,22)(H,21,23). The average Bonchev–Trinajstić information content (AvgIpc) is 2.77. The lowest BCUT2D eigenvalue weighted by atomic mass is 10.1. The Kier molecular flexibility index (Phi) is 6.15. The summed E-state index contributed by atoms with van der Waals surface area (Å²) in [4.78, 5) is 36.7. The normalized spacial score (nSPS) is 10.3. The smallest absolute Gasteiger partial charge is 0.341 e. The first-order valence-corrected chi connectivity index (χ1v) is 8.92.